The third kappa shape index (κ3) is 1.43. The number of alkyl halides is 5. The molecule has 0 aromatic carbocycles. The molecule has 0 spiro atoms. The quantitative estimate of drug-likeness (QED) is 0.521. The molecule has 6 heteroatoms. The molecule has 1 radical (unpaired) electrons. The molecule has 0 aromatic heterocycles. The molecule has 0 atom stereocenters. The Morgan fingerprint density at radius 2 is 1.30 bits per heavy atom. The second-order valence-electron chi connectivity index (χ2n) is 1.42. The molecule has 59 valence electrons. The Labute approximate surface area is 52.1 Å². The van der Waals surface area contributed by atoms with Crippen molar-refractivity contribution in [3.05, 3.63) is 12.4 Å². The lowest BCUT2D eigenvalue weighted by Gasteiger charge is -2.15. The van der Waals surface area contributed by atoms with Crippen LogP contribution in [0.1, 0.15) is 0 Å². The Bertz CT molecular complexity index is 142. The minimum atomic E-state index is -5.95. The van der Waals surface area contributed by atoms with Gasteiger partial charge in [-0.15, -0.1) is 0 Å². The van der Waals surface area contributed by atoms with E-state index in [0.29, 0.717) is 0 Å². The summed E-state index contributed by atoms with van der Waals surface area (Å²) in [5.74, 6) is -8.48. The third-order valence-corrected chi connectivity index (χ3v) is 0.656. The molecule has 0 heterocycles. The molecule has 0 aliphatic carbocycles. The SMILES string of the molecule is [CH]=C(F)C(F)(F)C(F)(F)F. The molecule has 0 amide bonds. The van der Waals surface area contributed by atoms with Crippen molar-refractivity contribution in [3.8, 4) is 0 Å². The van der Waals surface area contributed by atoms with Gasteiger partial charge in [0, 0.05) is 0 Å². The van der Waals surface area contributed by atoms with E-state index in [1.54, 1.807) is 0 Å². The smallest absolute Gasteiger partial charge is 0.205 e. The van der Waals surface area contributed by atoms with Crippen LogP contribution < -0.4 is 0 Å². The van der Waals surface area contributed by atoms with Crippen molar-refractivity contribution in [2.24, 2.45) is 0 Å². The first-order valence-electron chi connectivity index (χ1n) is 1.92. The summed E-state index contributed by atoms with van der Waals surface area (Å²) in [5, 5.41) is 0. The van der Waals surface area contributed by atoms with Gasteiger partial charge in [-0.3, -0.25) is 0 Å². The molecule has 0 N–H and O–H groups in total. The van der Waals surface area contributed by atoms with Crippen molar-refractivity contribution < 1.29 is 26.3 Å². The Hall–Kier alpha value is -0.680. The van der Waals surface area contributed by atoms with E-state index in [1.165, 1.54) is 0 Å². The van der Waals surface area contributed by atoms with E-state index in [4.69, 9.17) is 0 Å². The van der Waals surface area contributed by atoms with Gasteiger partial charge in [-0.1, -0.05) is 0 Å². The topological polar surface area (TPSA) is 0 Å². The molecule has 0 saturated heterocycles. The molecular weight excluding hydrogens is 162 g/mol. The zero-order chi connectivity index (χ0) is 8.58. The number of rotatable bonds is 1. The molecular formula is C4HF6. The van der Waals surface area contributed by atoms with Gasteiger partial charge in [0.1, 0.15) is 0 Å². The van der Waals surface area contributed by atoms with Crippen LogP contribution in [0.4, 0.5) is 26.3 Å². The van der Waals surface area contributed by atoms with Crippen LogP contribution in [0.15, 0.2) is 5.83 Å². The predicted octanol–water partition coefficient (Wildman–Crippen LogP) is 2.47. The van der Waals surface area contributed by atoms with Gasteiger partial charge < -0.3 is 0 Å². The van der Waals surface area contributed by atoms with Crippen LogP contribution in [0.2, 0.25) is 0 Å². The molecule has 0 nitrogen and oxygen atoms in total. The first-order chi connectivity index (χ1) is 4.19. The van der Waals surface area contributed by atoms with Gasteiger partial charge in [-0.25, -0.2) is 4.39 Å². The maximum absolute atomic E-state index is 11.4. The summed E-state index contributed by atoms with van der Waals surface area (Å²) < 4.78 is 67.0. The zero-order valence-electron chi connectivity index (χ0n) is 4.35. The molecule has 0 aliphatic rings. The van der Waals surface area contributed by atoms with Gasteiger partial charge in [-0.2, -0.15) is 22.0 Å². The Morgan fingerprint density at radius 1 is 1.00 bits per heavy atom. The lowest BCUT2D eigenvalue weighted by Crippen LogP contribution is -2.36. The molecule has 0 unspecified atom stereocenters. The van der Waals surface area contributed by atoms with Gasteiger partial charge in [-0.05, 0) is 6.58 Å². The monoisotopic (exact) mass is 163 g/mol. The van der Waals surface area contributed by atoms with Gasteiger partial charge in [0.25, 0.3) is 0 Å². The van der Waals surface area contributed by atoms with Gasteiger partial charge in [0.15, 0.2) is 5.83 Å². The molecule has 0 fully saturated rings. The normalized spacial score (nSPS) is 13.4. The fourth-order valence-corrected chi connectivity index (χ4v) is 0.135. The van der Waals surface area contributed by atoms with Crippen molar-refractivity contribution in [2.75, 3.05) is 0 Å². The van der Waals surface area contributed by atoms with Crippen LogP contribution in [-0.4, -0.2) is 12.1 Å². The van der Waals surface area contributed by atoms with Crippen LogP contribution in [-0.2, 0) is 0 Å². The van der Waals surface area contributed by atoms with Crippen LogP contribution in [0, 0.1) is 6.58 Å². The van der Waals surface area contributed by atoms with Crippen LogP contribution in [0.25, 0.3) is 0 Å². The summed E-state index contributed by atoms with van der Waals surface area (Å²) in [5.41, 5.74) is 0. The van der Waals surface area contributed by atoms with Gasteiger partial charge in [0.2, 0.25) is 0 Å². The van der Waals surface area contributed by atoms with Crippen molar-refractivity contribution in [1.82, 2.24) is 0 Å². The zero-order valence-corrected chi connectivity index (χ0v) is 4.35. The highest BCUT2D eigenvalue weighted by molar-refractivity contribution is 4.99. The van der Waals surface area contributed by atoms with Gasteiger partial charge in [0.05, 0.1) is 0 Å². The second kappa shape index (κ2) is 2.17. The molecule has 0 rings (SSSR count). The van der Waals surface area contributed by atoms with E-state index < -0.39 is 17.9 Å². The lowest BCUT2D eigenvalue weighted by molar-refractivity contribution is -0.270. The fourth-order valence-electron chi connectivity index (χ4n) is 0.135. The van der Waals surface area contributed by atoms with Crippen molar-refractivity contribution in [2.45, 2.75) is 12.1 Å². The maximum Gasteiger partial charge on any atom is 0.460 e. The van der Waals surface area contributed by atoms with E-state index in [2.05, 4.69) is 6.58 Å². The first-order valence-corrected chi connectivity index (χ1v) is 1.92. The van der Waals surface area contributed by atoms with Crippen LogP contribution >= 0.6 is 0 Å². The van der Waals surface area contributed by atoms with Crippen molar-refractivity contribution in [1.29, 1.82) is 0 Å². The molecule has 0 bridgehead atoms. The van der Waals surface area contributed by atoms with E-state index in [0.717, 1.165) is 0 Å². The average molecular weight is 163 g/mol. The van der Waals surface area contributed by atoms with E-state index >= 15 is 0 Å². The standard InChI is InChI=1S/C4HF6/c1-2(5)3(6,7)4(8,9)10/h1H. The summed E-state index contributed by atoms with van der Waals surface area (Å²) >= 11 is 0. The van der Waals surface area contributed by atoms with Gasteiger partial charge >= 0.3 is 12.1 Å². The largest absolute Gasteiger partial charge is 0.460 e. The summed E-state index contributed by atoms with van der Waals surface area (Å²) in [4.78, 5) is 0. The van der Waals surface area contributed by atoms with Crippen molar-refractivity contribution >= 4 is 0 Å². The Balaban J connectivity index is 4.57. The highest BCUT2D eigenvalue weighted by Gasteiger charge is 2.60. The minimum absolute atomic E-state index is 2.94. The van der Waals surface area contributed by atoms with E-state index in [1.807, 2.05) is 0 Å². The molecule has 0 aliphatic heterocycles. The highest BCUT2D eigenvalue weighted by Crippen LogP contribution is 2.40. The van der Waals surface area contributed by atoms with Crippen LogP contribution in [0.3, 0.4) is 0 Å². The lowest BCUT2D eigenvalue weighted by atomic mass is 10.3. The first kappa shape index (κ1) is 9.32. The van der Waals surface area contributed by atoms with Crippen molar-refractivity contribution in [3.63, 3.8) is 0 Å². The summed E-state index contributed by atoms with van der Waals surface area (Å²) in [6.45, 7) is 3.64. The maximum atomic E-state index is 11.4. The summed E-state index contributed by atoms with van der Waals surface area (Å²) in [6, 6.07) is 0. The number of halogens is 6. The van der Waals surface area contributed by atoms with E-state index in [-0.39, 0.29) is 0 Å². The van der Waals surface area contributed by atoms with E-state index in [9.17, 15) is 26.3 Å². The number of hydrogen-bond donors (Lipinski definition) is 0. The minimum Gasteiger partial charge on any atom is -0.205 e. The Morgan fingerprint density at radius 3 is 1.30 bits per heavy atom. The predicted molar refractivity (Wildman–Crippen MR) is 19.9 cm³/mol. The summed E-state index contributed by atoms with van der Waals surface area (Å²) in [7, 11) is 0. The van der Waals surface area contributed by atoms with Crippen LogP contribution in [0.5, 0.6) is 0 Å². The average Bonchev–Trinajstić information content (AvgIpc) is 1.62. The Kier molecular flexibility index (Phi) is 2.03. The molecule has 10 heavy (non-hydrogen) atoms. The molecule has 0 saturated carbocycles. The molecule has 0 aromatic rings. The fraction of sp³-hybridized carbons (Fsp3) is 0.500. The number of allylic oxidation sites excluding steroid dienone is 1. The second-order valence-corrected chi connectivity index (χ2v) is 1.42. The highest BCUT2D eigenvalue weighted by atomic mass is 19.4. The third-order valence-electron chi connectivity index (χ3n) is 0.656. The number of hydrogen-bond acceptors (Lipinski definition) is 0. The summed E-state index contributed by atoms with van der Waals surface area (Å²) in [6.07, 6.45) is -5.95.